The zero-order valence-electron chi connectivity index (χ0n) is 7.12. The number of hydrogen-bond acceptors (Lipinski definition) is 3. The quantitative estimate of drug-likeness (QED) is 0.629. The molecule has 5 heteroatoms. The summed E-state index contributed by atoms with van der Waals surface area (Å²) in [6.45, 7) is 5.74. The first-order valence-corrected chi connectivity index (χ1v) is 5.24. The van der Waals surface area contributed by atoms with Crippen LogP contribution in [-0.2, 0) is 14.9 Å². The minimum absolute atomic E-state index is 0.104. The van der Waals surface area contributed by atoms with Crippen LogP contribution in [0.3, 0.4) is 0 Å². The third kappa shape index (κ3) is 6.28. The average molecular weight is 181 g/mol. The van der Waals surface area contributed by atoms with Gasteiger partial charge in [-0.05, 0) is 12.8 Å². The Balaban J connectivity index is 3.82. The zero-order valence-corrected chi connectivity index (χ0v) is 7.94. The Hall–Kier alpha value is -0.130. The molecule has 0 aliphatic carbocycles. The molecule has 0 aromatic carbocycles. The largest absolute Gasteiger partial charge is 0.287 e. The second kappa shape index (κ2) is 4.69. The fourth-order valence-electron chi connectivity index (χ4n) is 0.622. The van der Waals surface area contributed by atoms with E-state index in [1.807, 2.05) is 18.7 Å². The summed E-state index contributed by atoms with van der Waals surface area (Å²) in [6.07, 6.45) is 0. The Morgan fingerprint density at radius 2 is 2.00 bits per heavy atom. The molecule has 11 heavy (non-hydrogen) atoms. The maximum atomic E-state index is 11.0. The second-order valence-electron chi connectivity index (χ2n) is 2.69. The molecule has 0 radical (unpaired) electrons. The molecule has 0 unspecified atom stereocenters. The van der Waals surface area contributed by atoms with E-state index in [1.54, 1.807) is 6.92 Å². The predicted octanol–water partition coefficient (Wildman–Crippen LogP) is 0.513. The van der Waals surface area contributed by atoms with Crippen LogP contribution in [0.25, 0.3) is 0 Å². The van der Waals surface area contributed by atoms with Gasteiger partial charge in [-0.2, -0.15) is 0 Å². The third-order valence-corrected chi connectivity index (χ3v) is 2.36. The van der Waals surface area contributed by atoms with Crippen molar-refractivity contribution >= 4 is 10.0 Å². The summed E-state index contributed by atoms with van der Waals surface area (Å²) >= 11 is 0. The van der Waals surface area contributed by atoms with E-state index in [1.165, 1.54) is 0 Å². The van der Waals surface area contributed by atoms with Gasteiger partial charge in [-0.15, -0.1) is 0 Å². The number of sulfonamides is 1. The molecular formula is C6H15NO3S. The molecule has 0 saturated heterocycles. The van der Waals surface area contributed by atoms with Crippen LogP contribution in [0.2, 0.25) is 0 Å². The van der Waals surface area contributed by atoms with E-state index in [0.29, 0.717) is 6.61 Å². The molecule has 0 aliphatic heterocycles. The minimum Gasteiger partial charge on any atom is -0.287 e. The van der Waals surface area contributed by atoms with Crippen LogP contribution in [0.5, 0.6) is 0 Å². The molecule has 0 rings (SSSR count). The highest BCUT2D eigenvalue weighted by atomic mass is 32.2. The lowest BCUT2D eigenvalue weighted by molar-refractivity contribution is 0.105. The number of hydrogen-bond donors (Lipinski definition) is 1. The van der Waals surface area contributed by atoms with Crippen LogP contribution in [-0.4, -0.2) is 20.8 Å². The molecule has 0 fully saturated rings. The van der Waals surface area contributed by atoms with Gasteiger partial charge < -0.3 is 0 Å². The van der Waals surface area contributed by atoms with Crippen LogP contribution in [0, 0.1) is 5.92 Å². The van der Waals surface area contributed by atoms with E-state index >= 15 is 0 Å². The maximum Gasteiger partial charge on any atom is 0.233 e. The van der Waals surface area contributed by atoms with Crippen molar-refractivity contribution in [2.24, 2.45) is 5.92 Å². The molecule has 0 spiro atoms. The Morgan fingerprint density at radius 1 is 1.45 bits per heavy atom. The first-order chi connectivity index (χ1) is 4.98. The molecule has 0 bridgehead atoms. The predicted molar refractivity (Wildman–Crippen MR) is 43.4 cm³/mol. The molecule has 0 saturated carbocycles. The van der Waals surface area contributed by atoms with Crippen LogP contribution in [0.4, 0.5) is 0 Å². The Kier molecular flexibility index (Phi) is 4.63. The van der Waals surface area contributed by atoms with E-state index in [2.05, 4.69) is 4.84 Å². The van der Waals surface area contributed by atoms with E-state index in [9.17, 15) is 8.42 Å². The minimum atomic E-state index is -3.22. The normalized spacial score (nSPS) is 12.4. The third-order valence-electron chi connectivity index (χ3n) is 0.883. The van der Waals surface area contributed by atoms with Gasteiger partial charge in [-0.25, -0.2) is 8.42 Å². The highest BCUT2D eigenvalue weighted by molar-refractivity contribution is 7.89. The zero-order chi connectivity index (χ0) is 8.91. The molecule has 0 atom stereocenters. The number of rotatable bonds is 5. The smallest absolute Gasteiger partial charge is 0.233 e. The van der Waals surface area contributed by atoms with Gasteiger partial charge in [0.2, 0.25) is 10.0 Å². The van der Waals surface area contributed by atoms with Gasteiger partial charge >= 0.3 is 0 Å². The van der Waals surface area contributed by atoms with Crippen molar-refractivity contribution in [2.75, 3.05) is 12.4 Å². The van der Waals surface area contributed by atoms with Crippen LogP contribution < -0.4 is 4.89 Å². The lowest BCUT2D eigenvalue weighted by Crippen LogP contribution is -2.28. The lowest BCUT2D eigenvalue weighted by Gasteiger charge is -2.06. The molecular weight excluding hydrogens is 166 g/mol. The van der Waals surface area contributed by atoms with Crippen LogP contribution in [0.1, 0.15) is 20.8 Å². The molecule has 0 amide bonds. The van der Waals surface area contributed by atoms with Gasteiger partial charge in [0.05, 0.1) is 12.4 Å². The summed E-state index contributed by atoms with van der Waals surface area (Å²) in [5, 5.41) is 0. The van der Waals surface area contributed by atoms with Crippen molar-refractivity contribution in [2.45, 2.75) is 20.8 Å². The first-order valence-electron chi connectivity index (χ1n) is 3.59. The SMILES string of the molecule is CCONS(=O)(=O)CC(C)C. The molecule has 1 N–H and O–H groups in total. The topological polar surface area (TPSA) is 55.4 Å². The number of nitrogens with one attached hydrogen (secondary N) is 1. The second-order valence-corrected chi connectivity index (χ2v) is 4.42. The monoisotopic (exact) mass is 181 g/mol. The average Bonchev–Trinajstić information content (AvgIpc) is 1.81. The molecule has 68 valence electrons. The summed E-state index contributed by atoms with van der Waals surface area (Å²) in [4.78, 5) is 6.57. The van der Waals surface area contributed by atoms with Gasteiger partial charge in [0.25, 0.3) is 0 Å². The van der Waals surface area contributed by atoms with E-state index in [-0.39, 0.29) is 11.7 Å². The molecule has 4 nitrogen and oxygen atoms in total. The summed E-state index contributed by atoms with van der Waals surface area (Å²) in [7, 11) is -3.22. The fraction of sp³-hybridized carbons (Fsp3) is 1.00. The Labute approximate surface area is 67.9 Å². The summed E-state index contributed by atoms with van der Waals surface area (Å²) in [6, 6.07) is 0. The van der Waals surface area contributed by atoms with Crippen molar-refractivity contribution in [1.82, 2.24) is 4.89 Å². The highest BCUT2D eigenvalue weighted by Crippen LogP contribution is 1.96. The van der Waals surface area contributed by atoms with Gasteiger partial charge in [-0.1, -0.05) is 18.7 Å². The van der Waals surface area contributed by atoms with Gasteiger partial charge in [0, 0.05) is 0 Å². The first kappa shape index (κ1) is 10.9. The lowest BCUT2D eigenvalue weighted by atomic mass is 10.3. The van der Waals surface area contributed by atoms with Crippen molar-refractivity contribution in [1.29, 1.82) is 0 Å². The molecule has 0 aromatic heterocycles. The van der Waals surface area contributed by atoms with Gasteiger partial charge in [0.1, 0.15) is 0 Å². The Morgan fingerprint density at radius 3 is 2.36 bits per heavy atom. The molecule has 0 aromatic rings. The van der Waals surface area contributed by atoms with Gasteiger partial charge in [0.15, 0.2) is 0 Å². The Bertz CT molecular complexity index is 186. The summed E-state index contributed by atoms with van der Waals surface area (Å²) in [5.41, 5.74) is 0. The maximum absolute atomic E-state index is 11.0. The molecule has 0 heterocycles. The van der Waals surface area contributed by atoms with E-state index < -0.39 is 10.0 Å². The standard InChI is InChI=1S/C6H15NO3S/c1-4-10-7-11(8,9)5-6(2)3/h6-7H,4-5H2,1-3H3. The fourth-order valence-corrected chi connectivity index (χ4v) is 1.86. The van der Waals surface area contributed by atoms with Crippen molar-refractivity contribution in [3.8, 4) is 0 Å². The van der Waals surface area contributed by atoms with Crippen molar-refractivity contribution < 1.29 is 13.3 Å². The van der Waals surface area contributed by atoms with Crippen LogP contribution >= 0.6 is 0 Å². The van der Waals surface area contributed by atoms with Crippen LogP contribution in [0.15, 0.2) is 0 Å². The van der Waals surface area contributed by atoms with E-state index in [4.69, 9.17) is 0 Å². The van der Waals surface area contributed by atoms with Crippen molar-refractivity contribution in [3.05, 3.63) is 0 Å². The molecule has 0 aliphatic rings. The highest BCUT2D eigenvalue weighted by Gasteiger charge is 2.11. The summed E-state index contributed by atoms with van der Waals surface area (Å²) < 4.78 is 21.9. The van der Waals surface area contributed by atoms with E-state index in [0.717, 1.165) is 0 Å². The summed E-state index contributed by atoms with van der Waals surface area (Å²) in [5.74, 6) is 0.223. The van der Waals surface area contributed by atoms with Gasteiger partial charge in [-0.3, -0.25) is 4.84 Å². The van der Waals surface area contributed by atoms with Crippen molar-refractivity contribution in [3.63, 3.8) is 0 Å².